The average Bonchev–Trinajstić information content (AvgIpc) is 2.94. The summed E-state index contributed by atoms with van der Waals surface area (Å²) in [6, 6.07) is 27.4. The number of pyridine rings is 1. The van der Waals surface area contributed by atoms with Crippen LogP contribution in [0.25, 0.3) is 11.3 Å². The predicted octanol–water partition coefficient (Wildman–Crippen LogP) is 3.40. The molecular formula is C31H35KN2P+. The maximum Gasteiger partial charge on any atom is 1.00 e. The van der Waals surface area contributed by atoms with Crippen LogP contribution in [0.3, 0.4) is 0 Å². The Morgan fingerprint density at radius 1 is 1.06 bits per heavy atom. The Bertz CT molecular complexity index is 1050. The fourth-order valence-electron chi connectivity index (χ4n) is 3.06. The monoisotopic (exact) mass is 505 g/mol. The number of allylic oxidation sites excluding steroid dienone is 5. The molecule has 1 aromatic heterocycles. The maximum absolute atomic E-state index is 4.25. The van der Waals surface area contributed by atoms with E-state index in [0.717, 1.165) is 43.8 Å². The van der Waals surface area contributed by atoms with Gasteiger partial charge in [0.05, 0.1) is 5.69 Å². The van der Waals surface area contributed by atoms with Crippen LogP contribution in [-0.2, 0) is 0 Å². The van der Waals surface area contributed by atoms with Gasteiger partial charge in [-0.15, -0.1) is 38.9 Å². The van der Waals surface area contributed by atoms with Gasteiger partial charge in [-0.3, -0.25) is 9.98 Å². The Hall–Kier alpha value is -1.71. The summed E-state index contributed by atoms with van der Waals surface area (Å²) in [6.07, 6.45) is 12.8. The van der Waals surface area contributed by atoms with E-state index in [1.807, 2.05) is 79.1 Å². The quantitative estimate of drug-likeness (QED) is 0.236. The van der Waals surface area contributed by atoms with Gasteiger partial charge in [-0.2, -0.15) is 0 Å². The number of aromatic nitrogens is 1. The van der Waals surface area contributed by atoms with E-state index in [4.69, 9.17) is 0 Å². The summed E-state index contributed by atoms with van der Waals surface area (Å²) < 4.78 is 0. The fourth-order valence-corrected chi connectivity index (χ4v) is 3.06. The second-order valence-corrected chi connectivity index (χ2v) is 8.89. The van der Waals surface area contributed by atoms with E-state index >= 15 is 0 Å². The zero-order valence-electron chi connectivity index (χ0n) is 21.3. The summed E-state index contributed by atoms with van der Waals surface area (Å²) in [5, 5.41) is 0. The first kappa shape index (κ1) is 31.3. The van der Waals surface area contributed by atoms with Gasteiger partial charge in [0, 0.05) is 23.8 Å². The molecule has 2 heterocycles. The fraction of sp³-hybridized carbons (Fsp3) is 0.161. The molecule has 4 heteroatoms. The SMILES string of the molecule is C=C/C=C\C(=C)C1=C[NH+]=C(c2[c-]cccc2)CC1.CCPC.[K+].c1ccc(-c2ccccn2)cc1. The normalized spacial score (nSPS) is 12.3. The first-order chi connectivity index (χ1) is 16.7. The number of rotatable bonds is 6. The number of hydrogen-bond donors (Lipinski definition) is 1. The molecule has 0 spiro atoms. The van der Waals surface area contributed by atoms with Crippen molar-refractivity contribution in [1.82, 2.24) is 4.98 Å². The van der Waals surface area contributed by atoms with Gasteiger partial charge in [0.15, 0.2) is 6.20 Å². The Morgan fingerprint density at radius 3 is 2.31 bits per heavy atom. The topological polar surface area (TPSA) is 26.9 Å². The van der Waals surface area contributed by atoms with E-state index in [-0.39, 0.29) is 51.4 Å². The third-order valence-corrected chi connectivity index (χ3v) is 5.74. The van der Waals surface area contributed by atoms with Crippen LogP contribution in [0.1, 0.15) is 25.3 Å². The van der Waals surface area contributed by atoms with Gasteiger partial charge in [0.2, 0.25) is 0 Å². The van der Waals surface area contributed by atoms with Crippen LogP contribution in [0.4, 0.5) is 0 Å². The van der Waals surface area contributed by atoms with E-state index in [9.17, 15) is 0 Å². The smallest absolute Gasteiger partial charge is 0.256 e. The summed E-state index contributed by atoms with van der Waals surface area (Å²) in [7, 11) is 1.14. The molecule has 0 amide bonds. The van der Waals surface area contributed by atoms with Crippen LogP contribution in [0, 0.1) is 6.07 Å². The van der Waals surface area contributed by atoms with Gasteiger partial charge in [0.25, 0.3) is 0 Å². The van der Waals surface area contributed by atoms with Crippen molar-refractivity contribution in [2.75, 3.05) is 12.8 Å². The van der Waals surface area contributed by atoms with E-state index in [0.29, 0.717) is 0 Å². The summed E-state index contributed by atoms with van der Waals surface area (Å²) in [5.41, 5.74) is 6.84. The van der Waals surface area contributed by atoms with Crippen molar-refractivity contribution in [1.29, 1.82) is 0 Å². The molecule has 0 saturated heterocycles. The minimum absolute atomic E-state index is 0. The Balaban J connectivity index is 0.000000311. The summed E-state index contributed by atoms with van der Waals surface area (Å²) in [6.45, 7) is 12.1. The first-order valence-electron chi connectivity index (χ1n) is 11.6. The van der Waals surface area contributed by atoms with Crippen molar-refractivity contribution in [2.24, 2.45) is 0 Å². The number of nitrogens with one attached hydrogen (secondary N) is 1. The van der Waals surface area contributed by atoms with Crippen molar-refractivity contribution >= 4 is 14.3 Å². The molecule has 2 aromatic carbocycles. The van der Waals surface area contributed by atoms with Crippen LogP contribution in [0.2, 0.25) is 0 Å². The van der Waals surface area contributed by atoms with Crippen molar-refractivity contribution in [3.8, 4) is 11.3 Å². The molecule has 1 unspecified atom stereocenters. The van der Waals surface area contributed by atoms with E-state index < -0.39 is 0 Å². The third kappa shape index (κ3) is 12.2. The molecule has 0 aliphatic carbocycles. The molecule has 2 nitrogen and oxygen atoms in total. The molecule has 0 radical (unpaired) electrons. The van der Waals surface area contributed by atoms with Gasteiger partial charge >= 0.3 is 51.4 Å². The zero-order chi connectivity index (χ0) is 24.4. The molecule has 0 saturated carbocycles. The molecule has 1 aliphatic rings. The van der Waals surface area contributed by atoms with Gasteiger partial charge in [-0.25, -0.2) is 0 Å². The van der Waals surface area contributed by atoms with Gasteiger partial charge in [-0.05, 0) is 37.0 Å². The second kappa shape index (κ2) is 19.5. The summed E-state index contributed by atoms with van der Waals surface area (Å²) >= 11 is 0. The number of nitrogens with zero attached hydrogens (tertiary/aromatic N) is 1. The predicted molar refractivity (Wildman–Crippen MR) is 151 cm³/mol. The Labute approximate surface area is 256 Å². The Kier molecular flexibility index (Phi) is 17.4. The molecule has 0 fully saturated rings. The molecular weight excluding hydrogens is 470 g/mol. The van der Waals surface area contributed by atoms with E-state index in [1.54, 1.807) is 6.08 Å². The first-order valence-corrected chi connectivity index (χ1v) is 13.3. The molecule has 1 aliphatic heterocycles. The van der Waals surface area contributed by atoms with Gasteiger partial charge in [-0.1, -0.05) is 80.3 Å². The Morgan fingerprint density at radius 2 is 1.77 bits per heavy atom. The van der Waals surface area contributed by atoms with Crippen LogP contribution in [0.5, 0.6) is 0 Å². The van der Waals surface area contributed by atoms with E-state index in [2.05, 4.69) is 61.0 Å². The summed E-state index contributed by atoms with van der Waals surface area (Å²) in [5.74, 6) is 0. The molecule has 35 heavy (non-hydrogen) atoms. The minimum atomic E-state index is 0. The molecule has 3 aromatic rings. The van der Waals surface area contributed by atoms with Crippen LogP contribution in [-0.4, -0.2) is 23.5 Å². The van der Waals surface area contributed by atoms with Crippen molar-refractivity contribution < 1.29 is 56.4 Å². The molecule has 1 atom stereocenters. The standard InChI is InChI=1S/C17H16N.C11H9N.C3H9P.K/c1-3-4-8-14(2)16-11-12-17(18-13-16)15-9-6-5-7-10-15;1-2-6-10(7-3-1)11-8-4-5-9-12-11;1-3-4-2;/h3-9,13H,1-2,11-12H2;1-9H;4H,3H2,1-2H3;/q-1;;;+1/p+1/b8-4-;;;. The minimum Gasteiger partial charge on any atom is -0.256 e. The average molecular weight is 506 g/mol. The molecule has 0 bridgehead atoms. The second-order valence-electron chi connectivity index (χ2n) is 7.48. The maximum atomic E-state index is 4.25. The van der Waals surface area contributed by atoms with Gasteiger partial charge < -0.3 is 0 Å². The largest absolute Gasteiger partial charge is 1.00 e. The number of hydrogen-bond acceptors (Lipinski definition) is 1. The van der Waals surface area contributed by atoms with E-state index in [1.165, 1.54) is 17.4 Å². The third-order valence-electron chi connectivity index (χ3n) is 5.03. The molecule has 1 N–H and O–H groups in total. The van der Waals surface area contributed by atoms with Crippen molar-refractivity contribution in [3.05, 3.63) is 139 Å². The van der Waals surface area contributed by atoms with Crippen LogP contribution in [0.15, 0.2) is 128 Å². The zero-order valence-corrected chi connectivity index (χ0v) is 25.4. The molecule has 174 valence electrons. The van der Waals surface area contributed by atoms with Crippen LogP contribution >= 0.6 is 8.58 Å². The van der Waals surface area contributed by atoms with Crippen molar-refractivity contribution in [2.45, 2.75) is 19.8 Å². The molecule has 4 rings (SSSR count). The summed E-state index contributed by atoms with van der Waals surface area (Å²) in [4.78, 5) is 7.59. The van der Waals surface area contributed by atoms with Crippen LogP contribution < -0.4 is 56.4 Å². The van der Waals surface area contributed by atoms with Crippen molar-refractivity contribution in [3.63, 3.8) is 0 Å². The van der Waals surface area contributed by atoms with Gasteiger partial charge in [0.1, 0.15) is 5.71 Å². The number of benzene rings is 2.